The highest BCUT2D eigenvalue weighted by atomic mass is 16.6. The van der Waals surface area contributed by atoms with Gasteiger partial charge in [-0.1, -0.05) is 6.07 Å². The van der Waals surface area contributed by atoms with Gasteiger partial charge in [0.25, 0.3) is 11.6 Å². The lowest BCUT2D eigenvalue weighted by atomic mass is 10.1. The van der Waals surface area contributed by atoms with E-state index in [4.69, 9.17) is 4.74 Å². The number of amides is 2. The molecule has 1 heterocycles. The molecule has 2 amide bonds. The Labute approximate surface area is 212 Å². The average molecular weight is 497 g/mol. The summed E-state index contributed by atoms with van der Waals surface area (Å²) in [7, 11) is 3.74. The van der Waals surface area contributed by atoms with Crippen molar-refractivity contribution in [3.05, 3.63) is 63.2 Å². The fraction of sp³-hybridized carbons (Fsp3) is 0.481. The van der Waals surface area contributed by atoms with Gasteiger partial charge in [-0.05, 0) is 70.0 Å². The SMILES string of the molecule is Cc1ccc(N(C)C(=O)c2ccc([N+](=O)[O-])c(C)c2)c(OCCCCCC(=O)N2CCN(C)CC2)c1. The van der Waals surface area contributed by atoms with Gasteiger partial charge in [-0.3, -0.25) is 19.7 Å². The second kappa shape index (κ2) is 12.5. The first kappa shape index (κ1) is 27.1. The fourth-order valence-corrected chi connectivity index (χ4v) is 4.26. The van der Waals surface area contributed by atoms with Crippen molar-refractivity contribution in [2.24, 2.45) is 0 Å². The van der Waals surface area contributed by atoms with E-state index in [-0.39, 0.29) is 17.5 Å². The minimum absolute atomic E-state index is 0.0150. The number of hydrogen-bond acceptors (Lipinski definition) is 6. The lowest BCUT2D eigenvalue weighted by Crippen LogP contribution is -2.47. The Morgan fingerprint density at radius 2 is 1.75 bits per heavy atom. The molecule has 0 spiro atoms. The van der Waals surface area contributed by atoms with E-state index in [2.05, 4.69) is 11.9 Å². The van der Waals surface area contributed by atoms with Gasteiger partial charge >= 0.3 is 0 Å². The third kappa shape index (κ3) is 7.04. The lowest BCUT2D eigenvalue weighted by Gasteiger charge is -2.32. The van der Waals surface area contributed by atoms with Gasteiger partial charge in [0.1, 0.15) is 5.75 Å². The highest BCUT2D eigenvalue weighted by Gasteiger charge is 2.21. The minimum atomic E-state index is -0.457. The number of carbonyl (C=O) groups is 2. The van der Waals surface area contributed by atoms with E-state index in [1.54, 1.807) is 14.0 Å². The van der Waals surface area contributed by atoms with Crippen molar-refractivity contribution in [2.45, 2.75) is 39.5 Å². The summed E-state index contributed by atoms with van der Waals surface area (Å²) in [5, 5.41) is 11.1. The summed E-state index contributed by atoms with van der Waals surface area (Å²) in [5.41, 5.74) is 2.44. The summed E-state index contributed by atoms with van der Waals surface area (Å²) < 4.78 is 6.05. The van der Waals surface area contributed by atoms with Crippen molar-refractivity contribution in [3.8, 4) is 5.75 Å². The molecule has 1 saturated heterocycles. The maximum Gasteiger partial charge on any atom is 0.272 e. The van der Waals surface area contributed by atoms with Gasteiger partial charge in [0.2, 0.25) is 5.91 Å². The summed E-state index contributed by atoms with van der Waals surface area (Å²) in [4.78, 5) is 41.8. The van der Waals surface area contributed by atoms with Gasteiger partial charge < -0.3 is 19.4 Å². The molecule has 0 bridgehead atoms. The van der Waals surface area contributed by atoms with Crippen molar-refractivity contribution < 1.29 is 19.2 Å². The Balaban J connectivity index is 1.53. The van der Waals surface area contributed by atoms with Crippen LogP contribution in [0, 0.1) is 24.0 Å². The Morgan fingerprint density at radius 3 is 2.42 bits per heavy atom. The summed E-state index contributed by atoms with van der Waals surface area (Å²) in [5.74, 6) is 0.564. The number of ether oxygens (including phenoxy) is 1. The Morgan fingerprint density at radius 1 is 1.03 bits per heavy atom. The van der Waals surface area contributed by atoms with Crippen LogP contribution in [-0.2, 0) is 4.79 Å². The van der Waals surface area contributed by atoms with E-state index in [0.29, 0.717) is 35.6 Å². The molecule has 9 heteroatoms. The minimum Gasteiger partial charge on any atom is -0.491 e. The second-order valence-corrected chi connectivity index (χ2v) is 9.44. The average Bonchev–Trinajstić information content (AvgIpc) is 2.85. The van der Waals surface area contributed by atoms with Gasteiger partial charge in [0.15, 0.2) is 0 Å². The number of piperazine rings is 1. The molecule has 9 nitrogen and oxygen atoms in total. The third-order valence-corrected chi connectivity index (χ3v) is 6.57. The van der Waals surface area contributed by atoms with Crippen LogP contribution in [-0.4, -0.2) is 73.4 Å². The lowest BCUT2D eigenvalue weighted by molar-refractivity contribution is -0.385. The zero-order valence-corrected chi connectivity index (χ0v) is 21.7. The number of nitro benzene ring substituents is 1. The molecule has 0 N–H and O–H groups in total. The van der Waals surface area contributed by atoms with Crippen LogP contribution in [0.2, 0.25) is 0 Å². The molecule has 1 fully saturated rings. The number of rotatable bonds is 10. The van der Waals surface area contributed by atoms with Crippen molar-refractivity contribution in [1.82, 2.24) is 9.80 Å². The van der Waals surface area contributed by atoms with E-state index in [1.807, 2.05) is 30.0 Å². The quantitative estimate of drug-likeness (QED) is 0.278. The monoisotopic (exact) mass is 496 g/mol. The van der Waals surface area contributed by atoms with E-state index in [9.17, 15) is 19.7 Å². The normalized spacial score (nSPS) is 13.9. The number of hydrogen-bond donors (Lipinski definition) is 0. The molecule has 36 heavy (non-hydrogen) atoms. The van der Waals surface area contributed by atoms with Crippen molar-refractivity contribution in [2.75, 3.05) is 51.8 Å². The van der Waals surface area contributed by atoms with Crippen LogP contribution in [0.3, 0.4) is 0 Å². The molecule has 2 aromatic carbocycles. The Bertz CT molecular complexity index is 1100. The molecular formula is C27H36N4O5. The molecule has 0 aromatic heterocycles. The highest BCUT2D eigenvalue weighted by Crippen LogP contribution is 2.31. The van der Waals surface area contributed by atoms with E-state index in [1.165, 1.54) is 23.1 Å². The van der Waals surface area contributed by atoms with E-state index < -0.39 is 4.92 Å². The molecule has 1 aliphatic rings. The first-order valence-electron chi connectivity index (χ1n) is 12.4. The summed E-state index contributed by atoms with van der Waals surface area (Å²) in [6.07, 6.45) is 3.08. The Kier molecular flexibility index (Phi) is 9.41. The van der Waals surface area contributed by atoms with Gasteiger partial charge in [-0.15, -0.1) is 0 Å². The van der Waals surface area contributed by atoms with Crippen LogP contribution in [0.4, 0.5) is 11.4 Å². The van der Waals surface area contributed by atoms with Crippen LogP contribution < -0.4 is 9.64 Å². The topological polar surface area (TPSA) is 96.2 Å². The number of anilines is 1. The van der Waals surface area contributed by atoms with Crippen molar-refractivity contribution >= 4 is 23.2 Å². The number of benzene rings is 2. The van der Waals surface area contributed by atoms with Crippen LogP contribution in [0.25, 0.3) is 0 Å². The number of nitro groups is 1. The first-order valence-corrected chi connectivity index (χ1v) is 12.4. The predicted octanol–water partition coefficient (Wildman–Crippen LogP) is 4.20. The Hall–Kier alpha value is -3.46. The van der Waals surface area contributed by atoms with Gasteiger partial charge in [0.05, 0.1) is 17.2 Å². The van der Waals surface area contributed by atoms with Gasteiger partial charge in [-0.2, -0.15) is 0 Å². The standard InChI is InChI=1S/C27H36N4O5/c1-20-9-11-24(29(4)27(33)22-10-12-23(31(34)35)21(2)19-22)25(18-20)36-17-7-5-6-8-26(32)30-15-13-28(3)14-16-30/h9-12,18-19H,5-8,13-17H2,1-4H3. The summed E-state index contributed by atoms with van der Waals surface area (Å²) >= 11 is 0. The number of unbranched alkanes of at least 4 members (excludes halogenated alkanes) is 2. The second-order valence-electron chi connectivity index (χ2n) is 9.44. The maximum absolute atomic E-state index is 13.1. The smallest absolute Gasteiger partial charge is 0.272 e. The van der Waals surface area contributed by atoms with E-state index in [0.717, 1.165) is 51.0 Å². The van der Waals surface area contributed by atoms with Gasteiger partial charge in [0, 0.05) is 56.8 Å². The zero-order chi connectivity index (χ0) is 26.2. The molecule has 0 aliphatic carbocycles. The molecule has 0 unspecified atom stereocenters. The number of likely N-dealkylation sites (N-methyl/N-ethyl adjacent to an activating group) is 1. The van der Waals surface area contributed by atoms with Gasteiger partial charge in [-0.25, -0.2) is 0 Å². The molecule has 2 aromatic rings. The molecule has 194 valence electrons. The van der Waals surface area contributed by atoms with E-state index >= 15 is 0 Å². The van der Waals surface area contributed by atoms with Crippen LogP contribution in [0.15, 0.2) is 36.4 Å². The first-order chi connectivity index (χ1) is 17.2. The number of nitrogens with zero attached hydrogens (tertiary/aromatic N) is 4. The summed E-state index contributed by atoms with van der Waals surface area (Å²) in [6, 6.07) is 10.0. The van der Waals surface area contributed by atoms with Crippen LogP contribution >= 0.6 is 0 Å². The molecule has 0 radical (unpaired) electrons. The zero-order valence-electron chi connectivity index (χ0n) is 21.7. The largest absolute Gasteiger partial charge is 0.491 e. The number of carbonyl (C=O) groups excluding carboxylic acids is 2. The molecule has 1 aliphatic heterocycles. The number of aryl methyl sites for hydroxylation is 2. The molecule has 0 saturated carbocycles. The van der Waals surface area contributed by atoms with Crippen molar-refractivity contribution in [3.63, 3.8) is 0 Å². The molecule has 3 rings (SSSR count). The maximum atomic E-state index is 13.1. The van der Waals surface area contributed by atoms with Crippen molar-refractivity contribution in [1.29, 1.82) is 0 Å². The molecule has 0 atom stereocenters. The fourth-order valence-electron chi connectivity index (χ4n) is 4.26. The highest BCUT2D eigenvalue weighted by molar-refractivity contribution is 6.06. The third-order valence-electron chi connectivity index (χ3n) is 6.57. The van der Waals surface area contributed by atoms with Crippen LogP contribution in [0.1, 0.15) is 47.2 Å². The van der Waals surface area contributed by atoms with Crippen LogP contribution in [0.5, 0.6) is 5.75 Å². The molecular weight excluding hydrogens is 460 g/mol. The predicted molar refractivity (Wildman–Crippen MR) is 140 cm³/mol. The summed E-state index contributed by atoms with van der Waals surface area (Å²) in [6.45, 7) is 7.53.